The number of nitrogens with zero attached hydrogens (tertiary/aromatic N) is 1. The van der Waals surface area contributed by atoms with E-state index >= 15 is 0 Å². The molecule has 0 aliphatic heterocycles. The molecule has 0 atom stereocenters. The van der Waals surface area contributed by atoms with E-state index in [1.165, 1.54) is 16.9 Å². The van der Waals surface area contributed by atoms with Crippen molar-refractivity contribution in [3.05, 3.63) is 65.0 Å². The zero-order valence-electron chi connectivity index (χ0n) is 15.3. The van der Waals surface area contributed by atoms with Crippen molar-refractivity contribution in [3.63, 3.8) is 0 Å². The maximum atomic E-state index is 12.5. The molecule has 1 aromatic heterocycles. The Labute approximate surface area is 159 Å². The lowest BCUT2D eigenvalue weighted by molar-refractivity contribution is 0.590. The van der Waals surface area contributed by atoms with Gasteiger partial charge < -0.3 is 0 Å². The largest absolute Gasteiger partial charge is 0.263 e. The molecule has 0 bridgehead atoms. The second-order valence-corrected chi connectivity index (χ2v) is 9.82. The number of hydrogen-bond donors (Lipinski definition) is 1. The summed E-state index contributed by atoms with van der Waals surface area (Å²) in [4.78, 5) is 4.66. The molecule has 0 saturated carbocycles. The highest BCUT2D eigenvalue weighted by molar-refractivity contribution is 7.93. The first kappa shape index (κ1) is 18.6. The monoisotopic (exact) mass is 386 g/mol. The molecule has 0 aliphatic rings. The molecule has 0 aliphatic carbocycles. The fourth-order valence-electron chi connectivity index (χ4n) is 2.49. The Morgan fingerprint density at radius 1 is 0.962 bits per heavy atom. The van der Waals surface area contributed by atoms with Crippen molar-refractivity contribution in [1.82, 2.24) is 4.98 Å². The molecule has 2 aromatic carbocycles. The lowest BCUT2D eigenvalue weighted by Gasteiger charge is -2.18. The quantitative estimate of drug-likeness (QED) is 0.669. The van der Waals surface area contributed by atoms with Gasteiger partial charge in [0.05, 0.1) is 10.6 Å². The van der Waals surface area contributed by atoms with E-state index in [-0.39, 0.29) is 10.3 Å². The Kier molecular flexibility index (Phi) is 4.90. The normalized spacial score (nSPS) is 12.2. The molecular formula is C20H22N2O2S2. The fourth-order valence-corrected chi connectivity index (χ4v) is 4.46. The highest BCUT2D eigenvalue weighted by Crippen LogP contribution is 2.29. The zero-order chi connectivity index (χ0) is 18.9. The predicted molar refractivity (Wildman–Crippen MR) is 108 cm³/mol. The first-order valence-corrected chi connectivity index (χ1v) is 10.7. The number of benzene rings is 2. The number of anilines is 1. The molecule has 0 radical (unpaired) electrons. The summed E-state index contributed by atoms with van der Waals surface area (Å²) in [5.41, 5.74) is 4.08. The van der Waals surface area contributed by atoms with Gasteiger partial charge in [-0.25, -0.2) is 13.4 Å². The van der Waals surface area contributed by atoms with Gasteiger partial charge in [-0.15, -0.1) is 11.3 Å². The molecular weight excluding hydrogens is 364 g/mol. The number of nitrogens with one attached hydrogen (secondary N) is 1. The van der Waals surface area contributed by atoms with Gasteiger partial charge in [-0.3, -0.25) is 4.72 Å². The third-order valence-electron chi connectivity index (χ3n) is 4.10. The molecule has 6 heteroatoms. The molecule has 0 fully saturated rings. The van der Waals surface area contributed by atoms with Crippen LogP contribution in [0.4, 0.5) is 5.13 Å². The van der Waals surface area contributed by atoms with Crippen molar-refractivity contribution in [3.8, 4) is 11.3 Å². The Hall–Kier alpha value is -2.18. The number of hydrogen-bond acceptors (Lipinski definition) is 4. The highest BCUT2D eigenvalue weighted by atomic mass is 32.2. The molecule has 1 N–H and O–H groups in total. The minimum atomic E-state index is -3.63. The average molecular weight is 387 g/mol. The van der Waals surface area contributed by atoms with Gasteiger partial charge in [-0.05, 0) is 30.0 Å². The van der Waals surface area contributed by atoms with Crippen LogP contribution in [0.25, 0.3) is 11.3 Å². The van der Waals surface area contributed by atoms with Crippen molar-refractivity contribution in [2.75, 3.05) is 4.72 Å². The number of aromatic nitrogens is 1. The number of aryl methyl sites for hydroxylation is 1. The molecule has 0 unspecified atom stereocenters. The third-order valence-corrected chi connectivity index (χ3v) is 6.35. The summed E-state index contributed by atoms with van der Waals surface area (Å²) < 4.78 is 27.5. The van der Waals surface area contributed by atoms with E-state index < -0.39 is 10.0 Å². The minimum absolute atomic E-state index is 0.0927. The van der Waals surface area contributed by atoms with Crippen LogP contribution in [0.2, 0.25) is 0 Å². The van der Waals surface area contributed by atoms with Crippen molar-refractivity contribution in [2.24, 2.45) is 0 Å². The van der Waals surface area contributed by atoms with Crippen LogP contribution in [0, 0.1) is 6.92 Å². The van der Waals surface area contributed by atoms with E-state index in [0.29, 0.717) is 5.13 Å². The van der Waals surface area contributed by atoms with Gasteiger partial charge in [0.25, 0.3) is 10.0 Å². The molecule has 0 amide bonds. The molecule has 26 heavy (non-hydrogen) atoms. The fraction of sp³-hybridized carbons (Fsp3) is 0.250. The van der Waals surface area contributed by atoms with Crippen molar-refractivity contribution in [1.29, 1.82) is 0 Å². The number of sulfonamides is 1. The first-order valence-electron chi connectivity index (χ1n) is 8.31. The highest BCUT2D eigenvalue weighted by Gasteiger charge is 2.17. The van der Waals surface area contributed by atoms with Crippen LogP contribution >= 0.6 is 11.3 Å². The van der Waals surface area contributed by atoms with Crippen LogP contribution in [-0.2, 0) is 15.4 Å². The van der Waals surface area contributed by atoms with E-state index in [0.717, 1.165) is 16.8 Å². The molecule has 0 saturated heterocycles. The van der Waals surface area contributed by atoms with Gasteiger partial charge >= 0.3 is 0 Å². The van der Waals surface area contributed by atoms with Gasteiger partial charge in [0.15, 0.2) is 5.13 Å². The topological polar surface area (TPSA) is 59.1 Å². The Balaban J connectivity index is 1.80. The van der Waals surface area contributed by atoms with Gasteiger partial charge in [-0.2, -0.15) is 0 Å². The van der Waals surface area contributed by atoms with E-state index in [2.05, 4.69) is 42.6 Å². The summed E-state index contributed by atoms with van der Waals surface area (Å²) in [6.07, 6.45) is 0. The first-order chi connectivity index (χ1) is 12.1. The van der Waals surface area contributed by atoms with Crippen LogP contribution in [0.5, 0.6) is 0 Å². The summed E-state index contributed by atoms with van der Waals surface area (Å²) in [5, 5.41) is 2.22. The van der Waals surface area contributed by atoms with Crippen LogP contribution in [0.1, 0.15) is 31.9 Å². The number of thiazole rings is 1. The third kappa shape index (κ3) is 4.14. The second-order valence-electron chi connectivity index (χ2n) is 7.28. The lowest BCUT2D eigenvalue weighted by atomic mass is 9.86. The van der Waals surface area contributed by atoms with Crippen LogP contribution in [-0.4, -0.2) is 13.4 Å². The summed E-state index contributed by atoms with van der Waals surface area (Å²) in [5.74, 6) is 0. The van der Waals surface area contributed by atoms with Gasteiger partial charge in [0.2, 0.25) is 0 Å². The van der Waals surface area contributed by atoms with Crippen LogP contribution < -0.4 is 4.72 Å². The van der Waals surface area contributed by atoms with Crippen molar-refractivity contribution < 1.29 is 8.42 Å². The number of rotatable bonds is 4. The molecule has 0 spiro atoms. The lowest BCUT2D eigenvalue weighted by Crippen LogP contribution is -2.12. The van der Waals surface area contributed by atoms with Gasteiger partial charge in [-0.1, -0.05) is 62.7 Å². The van der Waals surface area contributed by atoms with Crippen LogP contribution in [0.3, 0.4) is 0 Å². The van der Waals surface area contributed by atoms with Crippen molar-refractivity contribution in [2.45, 2.75) is 38.0 Å². The molecule has 1 heterocycles. The smallest absolute Gasteiger partial charge is 0.255 e. The zero-order valence-corrected chi connectivity index (χ0v) is 16.9. The molecule has 136 valence electrons. The van der Waals surface area contributed by atoms with E-state index in [1.54, 1.807) is 24.3 Å². The van der Waals surface area contributed by atoms with Gasteiger partial charge in [0.1, 0.15) is 0 Å². The summed E-state index contributed by atoms with van der Waals surface area (Å²) in [7, 11) is -3.63. The summed E-state index contributed by atoms with van der Waals surface area (Å²) in [6, 6.07) is 15.0. The Morgan fingerprint density at radius 3 is 2.15 bits per heavy atom. The minimum Gasteiger partial charge on any atom is -0.255 e. The molecule has 4 nitrogen and oxygen atoms in total. The molecule has 3 rings (SSSR count). The SMILES string of the molecule is Cc1ccc(S(=O)(=O)Nc2nc(-c3ccc(C(C)(C)C)cc3)cs2)cc1. The maximum Gasteiger partial charge on any atom is 0.263 e. The Bertz CT molecular complexity index is 997. The second kappa shape index (κ2) is 6.85. The van der Waals surface area contributed by atoms with E-state index in [1.807, 2.05) is 24.4 Å². The summed E-state index contributed by atoms with van der Waals surface area (Å²) in [6.45, 7) is 8.43. The predicted octanol–water partition coefficient (Wildman–Crippen LogP) is 5.22. The van der Waals surface area contributed by atoms with E-state index in [9.17, 15) is 8.42 Å². The molecule has 3 aromatic rings. The maximum absolute atomic E-state index is 12.5. The Morgan fingerprint density at radius 2 is 1.58 bits per heavy atom. The standard InChI is InChI=1S/C20H22N2O2S2/c1-14-5-11-17(12-6-14)26(23,24)22-19-21-18(13-25-19)15-7-9-16(10-8-15)20(2,3)4/h5-13H,1-4H3,(H,21,22). The van der Waals surface area contributed by atoms with Crippen molar-refractivity contribution >= 4 is 26.5 Å². The van der Waals surface area contributed by atoms with Crippen LogP contribution in [0.15, 0.2) is 58.8 Å². The average Bonchev–Trinajstić information content (AvgIpc) is 3.02. The van der Waals surface area contributed by atoms with E-state index in [4.69, 9.17) is 0 Å². The summed E-state index contributed by atoms with van der Waals surface area (Å²) >= 11 is 1.28. The van der Waals surface area contributed by atoms with Gasteiger partial charge in [0, 0.05) is 10.9 Å².